The first-order valence-electron chi connectivity index (χ1n) is 6.88. The van der Waals surface area contributed by atoms with Crippen molar-refractivity contribution in [3.8, 4) is 5.75 Å². The van der Waals surface area contributed by atoms with E-state index in [-0.39, 0.29) is 6.10 Å². The van der Waals surface area contributed by atoms with Gasteiger partial charge < -0.3 is 10.1 Å². The van der Waals surface area contributed by atoms with E-state index in [0.717, 1.165) is 41.7 Å². The third kappa shape index (κ3) is 3.67. The summed E-state index contributed by atoms with van der Waals surface area (Å²) in [5.74, 6) is 0.887. The van der Waals surface area contributed by atoms with Gasteiger partial charge in [0.2, 0.25) is 0 Å². The van der Waals surface area contributed by atoms with E-state index in [1.165, 1.54) is 0 Å². The monoisotopic (exact) mass is 258 g/mol. The van der Waals surface area contributed by atoms with Crippen LogP contribution in [0.5, 0.6) is 5.75 Å². The number of aromatic nitrogens is 1. The third-order valence-electron chi connectivity index (χ3n) is 3.19. The van der Waals surface area contributed by atoms with Crippen molar-refractivity contribution in [2.75, 3.05) is 13.6 Å². The Bertz CT molecular complexity index is 539. The number of rotatable bonds is 6. The molecular formula is C16H22N2O. The maximum absolute atomic E-state index is 6.04. The molecule has 102 valence electrons. The molecule has 0 radical (unpaired) electrons. The number of nitrogens with zero attached hydrogens (tertiary/aromatic N) is 1. The summed E-state index contributed by atoms with van der Waals surface area (Å²) in [5, 5.41) is 4.29. The summed E-state index contributed by atoms with van der Waals surface area (Å²) >= 11 is 0. The summed E-state index contributed by atoms with van der Waals surface area (Å²) in [4.78, 5) is 4.59. The fourth-order valence-electron chi connectivity index (χ4n) is 2.15. The first-order valence-corrected chi connectivity index (χ1v) is 6.88. The van der Waals surface area contributed by atoms with E-state index in [0.29, 0.717) is 0 Å². The van der Waals surface area contributed by atoms with Crippen LogP contribution in [0.15, 0.2) is 30.3 Å². The van der Waals surface area contributed by atoms with E-state index < -0.39 is 0 Å². The largest absolute Gasteiger partial charge is 0.488 e. The summed E-state index contributed by atoms with van der Waals surface area (Å²) < 4.78 is 6.04. The Hall–Kier alpha value is -1.61. The highest BCUT2D eigenvalue weighted by Gasteiger charge is 2.08. The predicted octanol–water partition coefficient (Wildman–Crippen LogP) is 3.31. The molecule has 19 heavy (non-hydrogen) atoms. The van der Waals surface area contributed by atoms with E-state index in [4.69, 9.17) is 4.74 Å². The second-order valence-corrected chi connectivity index (χ2v) is 4.95. The number of pyridine rings is 1. The number of para-hydroxylation sites is 1. The van der Waals surface area contributed by atoms with E-state index >= 15 is 0 Å². The summed E-state index contributed by atoms with van der Waals surface area (Å²) in [5.41, 5.74) is 1.98. The van der Waals surface area contributed by atoms with E-state index in [1.807, 2.05) is 32.2 Å². The highest BCUT2D eigenvalue weighted by Crippen LogP contribution is 2.25. The summed E-state index contributed by atoms with van der Waals surface area (Å²) in [6.07, 6.45) is 2.37. The van der Waals surface area contributed by atoms with Gasteiger partial charge in [-0.2, -0.15) is 0 Å². The maximum Gasteiger partial charge on any atom is 0.145 e. The van der Waals surface area contributed by atoms with Crippen LogP contribution in [0.1, 0.15) is 25.5 Å². The molecule has 1 aromatic heterocycles. The number of aryl methyl sites for hydroxylation is 1. The lowest BCUT2D eigenvalue weighted by atomic mass is 10.2. The first-order chi connectivity index (χ1) is 9.20. The van der Waals surface area contributed by atoms with Gasteiger partial charge in [-0.1, -0.05) is 18.2 Å². The van der Waals surface area contributed by atoms with Crippen LogP contribution in [0.4, 0.5) is 0 Å². The van der Waals surface area contributed by atoms with Gasteiger partial charge in [0.05, 0.1) is 6.10 Å². The predicted molar refractivity (Wildman–Crippen MR) is 79.7 cm³/mol. The molecule has 0 aliphatic rings. The van der Waals surface area contributed by atoms with Crippen molar-refractivity contribution in [1.82, 2.24) is 10.3 Å². The third-order valence-corrected chi connectivity index (χ3v) is 3.19. The van der Waals surface area contributed by atoms with E-state index in [9.17, 15) is 0 Å². The van der Waals surface area contributed by atoms with Gasteiger partial charge in [0.25, 0.3) is 0 Å². The van der Waals surface area contributed by atoms with Gasteiger partial charge in [0.15, 0.2) is 0 Å². The Kier molecular flexibility index (Phi) is 4.74. The first kappa shape index (κ1) is 13.8. The maximum atomic E-state index is 6.04. The van der Waals surface area contributed by atoms with Gasteiger partial charge >= 0.3 is 0 Å². The zero-order valence-corrected chi connectivity index (χ0v) is 11.9. The van der Waals surface area contributed by atoms with Crippen LogP contribution in [-0.4, -0.2) is 24.7 Å². The highest BCUT2D eigenvalue weighted by atomic mass is 16.5. The Morgan fingerprint density at radius 3 is 2.89 bits per heavy atom. The van der Waals surface area contributed by atoms with Crippen LogP contribution in [0.25, 0.3) is 10.9 Å². The molecule has 3 nitrogen and oxygen atoms in total. The van der Waals surface area contributed by atoms with E-state index in [2.05, 4.69) is 29.4 Å². The minimum Gasteiger partial charge on any atom is -0.488 e. The van der Waals surface area contributed by atoms with Gasteiger partial charge in [-0.25, -0.2) is 4.98 Å². The summed E-state index contributed by atoms with van der Waals surface area (Å²) in [7, 11) is 1.98. The van der Waals surface area contributed by atoms with Crippen LogP contribution in [-0.2, 0) is 0 Å². The average molecular weight is 258 g/mol. The standard InChI is InChI=1S/C16H22N2O/c1-12-9-10-14-7-4-8-15(16(14)18-12)19-13(2)6-5-11-17-3/h4,7-10,13,17H,5-6,11H2,1-3H3. The second kappa shape index (κ2) is 6.53. The molecule has 1 atom stereocenters. The number of hydrogen-bond donors (Lipinski definition) is 1. The molecule has 2 rings (SSSR count). The van der Waals surface area contributed by atoms with Crippen LogP contribution in [0.3, 0.4) is 0 Å². The minimum absolute atomic E-state index is 0.210. The van der Waals surface area contributed by atoms with Crippen molar-refractivity contribution in [3.05, 3.63) is 36.0 Å². The van der Waals surface area contributed by atoms with Crippen LogP contribution >= 0.6 is 0 Å². The number of nitrogens with one attached hydrogen (secondary N) is 1. The van der Waals surface area contributed by atoms with Gasteiger partial charge in [-0.05, 0) is 52.4 Å². The summed E-state index contributed by atoms with van der Waals surface area (Å²) in [6.45, 7) is 5.15. The minimum atomic E-state index is 0.210. The molecule has 2 aromatic rings. The molecule has 1 aromatic carbocycles. The van der Waals surface area contributed by atoms with Crippen LogP contribution in [0.2, 0.25) is 0 Å². The van der Waals surface area contributed by atoms with Gasteiger partial charge in [0, 0.05) is 11.1 Å². The van der Waals surface area contributed by atoms with Crippen molar-refractivity contribution in [3.63, 3.8) is 0 Å². The molecule has 0 saturated heterocycles. The van der Waals surface area contributed by atoms with Crippen molar-refractivity contribution in [2.24, 2.45) is 0 Å². The molecule has 0 fully saturated rings. The zero-order chi connectivity index (χ0) is 13.7. The average Bonchev–Trinajstić information content (AvgIpc) is 2.40. The summed E-state index contributed by atoms with van der Waals surface area (Å²) in [6, 6.07) is 10.2. The van der Waals surface area contributed by atoms with Gasteiger partial charge in [0.1, 0.15) is 11.3 Å². The molecule has 1 heterocycles. The van der Waals surface area contributed by atoms with Gasteiger partial charge in [-0.15, -0.1) is 0 Å². The smallest absolute Gasteiger partial charge is 0.145 e. The molecule has 1 unspecified atom stereocenters. The number of fused-ring (bicyclic) bond motifs is 1. The lowest BCUT2D eigenvalue weighted by molar-refractivity contribution is 0.210. The Labute approximate surface area is 115 Å². The fourth-order valence-corrected chi connectivity index (χ4v) is 2.15. The molecule has 0 bridgehead atoms. The van der Waals surface area contributed by atoms with Gasteiger partial charge in [-0.3, -0.25) is 0 Å². The van der Waals surface area contributed by atoms with Crippen LogP contribution < -0.4 is 10.1 Å². The van der Waals surface area contributed by atoms with Crippen molar-refractivity contribution in [1.29, 1.82) is 0 Å². The SMILES string of the molecule is CNCCCC(C)Oc1cccc2ccc(C)nc12. The highest BCUT2D eigenvalue weighted by molar-refractivity contribution is 5.84. The topological polar surface area (TPSA) is 34.1 Å². The molecule has 0 aliphatic heterocycles. The fraction of sp³-hybridized carbons (Fsp3) is 0.438. The normalized spacial score (nSPS) is 12.6. The number of benzene rings is 1. The second-order valence-electron chi connectivity index (χ2n) is 4.95. The lowest BCUT2D eigenvalue weighted by Crippen LogP contribution is -2.16. The molecule has 0 amide bonds. The lowest BCUT2D eigenvalue weighted by Gasteiger charge is -2.16. The quantitative estimate of drug-likeness (QED) is 0.807. The Morgan fingerprint density at radius 2 is 2.11 bits per heavy atom. The van der Waals surface area contributed by atoms with Crippen LogP contribution in [0, 0.1) is 6.92 Å². The Morgan fingerprint density at radius 1 is 1.26 bits per heavy atom. The van der Waals surface area contributed by atoms with E-state index in [1.54, 1.807) is 0 Å². The molecule has 3 heteroatoms. The molecular weight excluding hydrogens is 236 g/mol. The molecule has 0 saturated carbocycles. The number of hydrogen-bond acceptors (Lipinski definition) is 3. The molecule has 0 aliphatic carbocycles. The van der Waals surface area contributed by atoms with Crippen molar-refractivity contribution < 1.29 is 4.74 Å². The zero-order valence-electron chi connectivity index (χ0n) is 11.9. The molecule has 0 spiro atoms. The number of ether oxygens (including phenoxy) is 1. The molecule has 1 N–H and O–H groups in total. The Balaban J connectivity index is 2.13. The van der Waals surface area contributed by atoms with Crippen molar-refractivity contribution in [2.45, 2.75) is 32.8 Å². The van der Waals surface area contributed by atoms with Crippen molar-refractivity contribution >= 4 is 10.9 Å².